The Bertz CT molecular complexity index is 411. The minimum absolute atomic E-state index is 0.0454. The maximum Gasteiger partial charge on any atom is 0.123 e. The van der Waals surface area contributed by atoms with E-state index in [9.17, 15) is 0 Å². The van der Waals surface area contributed by atoms with Crippen molar-refractivity contribution in [3.05, 3.63) is 28.8 Å². The zero-order chi connectivity index (χ0) is 12.6. The van der Waals surface area contributed by atoms with Gasteiger partial charge in [0.2, 0.25) is 0 Å². The smallest absolute Gasteiger partial charge is 0.123 e. The summed E-state index contributed by atoms with van der Waals surface area (Å²) in [6.07, 6.45) is 2.05. The van der Waals surface area contributed by atoms with E-state index in [4.69, 9.17) is 16.2 Å². The van der Waals surface area contributed by atoms with E-state index in [0.717, 1.165) is 24.2 Å². The van der Waals surface area contributed by atoms with Gasteiger partial charge in [0.1, 0.15) is 5.75 Å². The van der Waals surface area contributed by atoms with E-state index in [-0.39, 0.29) is 6.04 Å². The molecule has 0 aromatic heterocycles. The Morgan fingerprint density at radius 1 is 1.24 bits per heavy atom. The van der Waals surface area contributed by atoms with Crippen molar-refractivity contribution in [2.75, 3.05) is 7.11 Å². The first-order valence-electron chi connectivity index (χ1n) is 6.19. The Balaban J connectivity index is 2.27. The SMILES string of the molecule is COc1cc(C)c(C)cc1C(N)C1CC(N)C1. The van der Waals surface area contributed by atoms with Crippen LogP contribution in [0.15, 0.2) is 12.1 Å². The maximum atomic E-state index is 6.32. The number of ether oxygens (including phenoxy) is 1. The third-order valence-corrected chi connectivity index (χ3v) is 3.92. The van der Waals surface area contributed by atoms with Crippen molar-refractivity contribution in [3.63, 3.8) is 0 Å². The molecule has 1 aromatic carbocycles. The summed E-state index contributed by atoms with van der Waals surface area (Å²) in [4.78, 5) is 0. The molecule has 1 unspecified atom stereocenters. The summed E-state index contributed by atoms with van der Waals surface area (Å²) in [5.74, 6) is 1.40. The third kappa shape index (κ3) is 2.31. The standard InChI is InChI=1S/C14H22N2O/c1-8-4-12(13(17-3)5-9(8)2)14(16)10-6-11(15)7-10/h4-5,10-11,14H,6-7,15-16H2,1-3H3. The van der Waals surface area contributed by atoms with Crippen LogP contribution in [-0.2, 0) is 0 Å². The molecule has 1 atom stereocenters. The van der Waals surface area contributed by atoms with E-state index in [1.807, 2.05) is 0 Å². The van der Waals surface area contributed by atoms with Crippen LogP contribution in [0.2, 0.25) is 0 Å². The third-order valence-electron chi connectivity index (χ3n) is 3.92. The highest BCUT2D eigenvalue weighted by atomic mass is 16.5. The van der Waals surface area contributed by atoms with Crippen LogP contribution in [0, 0.1) is 19.8 Å². The fraction of sp³-hybridized carbons (Fsp3) is 0.571. The van der Waals surface area contributed by atoms with Crippen molar-refractivity contribution in [1.29, 1.82) is 0 Å². The van der Waals surface area contributed by atoms with Gasteiger partial charge in [0.15, 0.2) is 0 Å². The Hall–Kier alpha value is -1.06. The van der Waals surface area contributed by atoms with Crippen molar-refractivity contribution in [2.45, 2.75) is 38.8 Å². The monoisotopic (exact) mass is 234 g/mol. The van der Waals surface area contributed by atoms with Gasteiger partial charge >= 0.3 is 0 Å². The molecule has 1 aliphatic carbocycles. The summed E-state index contributed by atoms with van der Waals surface area (Å²) in [5, 5.41) is 0. The van der Waals surface area contributed by atoms with E-state index < -0.39 is 0 Å². The zero-order valence-corrected chi connectivity index (χ0v) is 10.9. The lowest BCUT2D eigenvalue weighted by molar-refractivity contribution is 0.221. The second-order valence-electron chi connectivity index (χ2n) is 5.20. The fourth-order valence-corrected chi connectivity index (χ4v) is 2.51. The van der Waals surface area contributed by atoms with E-state index in [1.54, 1.807) is 7.11 Å². The Morgan fingerprint density at radius 3 is 2.35 bits per heavy atom. The number of nitrogens with two attached hydrogens (primary N) is 2. The largest absolute Gasteiger partial charge is 0.496 e. The molecule has 0 spiro atoms. The summed E-state index contributed by atoms with van der Waals surface area (Å²) >= 11 is 0. The highest BCUT2D eigenvalue weighted by Gasteiger charge is 2.33. The van der Waals surface area contributed by atoms with Crippen LogP contribution in [0.5, 0.6) is 5.75 Å². The molecular weight excluding hydrogens is 212 g/mol. The zero-order valence-electron chi connectivity index (χ0n) is 10.9. The first kappa shape index (κ1) is 12.4. The molecule has 1 aromatic rings. The fourth-order valence-electron chi connectivity index (χ4n) is 2.51. The van der Waals surface area contributed by atoms with E-state index in [0.29, 0.717) is 12.0 Å². The second kappa shape index (κ2) is 4.67. The molecule has 3 heteroatoms. The first-order valence-corrected chi connectivity index (χ1v) is 6.19. The number of aryl methyl sites for hydroxylation is 2. The predicted molar refractivity (Wildman–Crippen MR) is 70.1 cm³/mol. The van der Waals surface area contributed by atoms with E-state index >= 15 is 0 Å². The van der Waals surface area contributed by atoms with Gasteiger partial charge in [-0.15, -0.1) is 0 Å². The van der Waals surface area contributed by atoms with Gasteiger partial charge in [-0.25, -0.2) is 0 Å². The second-order valence-corrected chi connectivity index (χ2v) is 5.20. The number of hydrogen-bond donors (Lipinski definition) is 2. The molecule has 1 saturated carbocycles. The van der Waals surface area contributed by atoms with Crippen LogP contribution in [0.4, 0.5) is 0 Å². The molecule has 0 amide bonds. The molecule has 0 radical (unpaired) electrons. The summed E-state index contributed by atoms with van der Waals surface area (Å²) in [7, 11) is 1.70. The van der Waals surface area contributed by atoms with Crippen LogP contribution in [0.3, 0.4) is 0 Å². The summed E-state index contributed by atoms with van der Waals surface area (Å²) in [5.41, 5.74) is 15.8. The minimum atomic E-state index is 0.0454. The highest BCUT2D eigenvalue weighted by Crippen LogP contribution is 2.39. The summed E-state index contributed by atoms with van der Waals surface area (Å²) < 4.78 is 5.44. The van der Waals surface area contributed by atoms with Gasteiger partial charge in [0.25, 0.3) is 0 Å². The molecule has 0 bridgehead atoms. The molecule has 0 saturated heterocycles. The number of hydrogen-bond acceptors (Lipinski definition) is 3. The summed E-state index contributed by atoms with van der Waals surface area (Å²) in [6, 6.07) is 4.61. The maximum absolute atomic E-state index is 6.32. The van der Waals surface area contributed by atoms with Gasteiger partial charge in [-0.1, -0.05) is 6.07 Å². The predicted octanol–water partition coefficient (Wildman–Crippen LogP) is 2.05. The van der Waals surface area contributed by atoms with Gasteiger partial charge in [-0.05, 0) is 49.8 Å². The van der Waals surface area contributed by atoms with Crippen LogP contribution >= 0.6 is 0 Å². The van der Waals surface area contributed by atoms with Gasteiger partial charge in [0, 0.05) is 17.6 Å². The molecule has 1 fully saturated rings. The highest BCUT2D eigenvalue weighted by molar-refractivity contribution is 5.43. The number of benzene rings is 1. The quantitative estimate of drug-likeness (QED) is 0.841. The van der Waals surface area contributed by atoms with E-state index in [1.165, 1.54) is 11.1 Å². The first-order chi connectivity index (χ1) is 8.02. The lowest BCUT2D eigenvalue weighted by Gasteiger charge is -2.37. The molecule has 94 valence electrons. The molecule has 2 rings (SSSR count). The molecule has 0 heterocycles. The Kier molecular flexibility index (Phi) is 3.40. The number of methoxy groups -OCH3 is 1. The lowest BCUT2D eigenvalue weighted by atomic mass is 9.74. The Morgan fingerprint density at radius 2 is 1.82 bits per heavy atom. The topological polar surface area (TPSA) is 61.3 Å². The van der Waals surface area contributed by atoms with Crippen LogP contribution in [-0.4, -0.2) is 13.2 Å². The molecule has 4 N–H and O–H groups in total. The molecule has 0 aliphatic heterocycles. The molecule has 3 nitrogen and oxygen atoms in total. The van der Waals surface area contributed by atoms with Crippen molar-refractivity contribution < 1.29 is 4.74 Å². The van der Waals surface area contributed by atoms with Gasteiger partial charge < -0.3 is 16.2 Å². The van der Waals surface area contributed by atoms with Gasteiger partial charge in [-0.2, -0.15) is 0 Å². The molecular formula is C14H22N2O. The van der Waals surface area contributed by atoms with Crippen molar-refractivity contribution in [1.82, 2.24) is 0 Å². The number of rotatable bonds is 3. The van der Waals surface area contributed by atoms with Crippen LogP contribution in [0.1, 0.15) is 35.6 Å². The van der Waals surface area contributed by atoms with Crippen molar-refractivity contribution in [3.8, 4) is 5.75 Å². The van der Waals surface area contributed by atoms with Gasteiger partial charge in [0.05, 0.1) is 7.11 Å². The van der Waals surface area contributed by atoms with Crippen LogP contribution in [0.25, 0.3) is 0 Å². The van der Waals surface area contributed by atoms with Crippen molar-refractivity contribution in [2.24, 2.45) is 17.4 Å². The average Bonchev–Trinajstić information content (AvgIpc) is 2.27. The summed E-state index contributed by atoms with van der Waals surface area (Å²) in [6.45, 7) is 4.20. The molecule has 1 aliphatic rings. The van der Waals surface area contributed by atoms with Gasteiger partial charge in [-0.3, -0.25) is 0 Å². The Labute approximate surface area is 103 Å². The normalized spacial score (nSPS) is 25.2. The van der Waals surface area contributed by atoms with E-state index in [2.05, 4.69) is 26.0 Å². The van der Waals surface area contributed by atoms with Crippen molar-refractivity contribution >= 4 is 0 Å². The lowest BCUT2D eigenvalue weighted by Crippen LogP contribution is -2.41. The minimum Gasteiger partial charge on any atom is -0.496 e. The van der Waals surface area contributed by atoms with Crippen LogP contribution < -0.4 is 16.2 Å². The average molecular weight is 234 g/mol. The molecule has 17 heavy (non-hydrogen) atoms.